The maximum Gasteiger partial charge on any atom is 0.356 e. The Kier molecular flexibility index (Phi) is 9.81. The van der Waals surface area contributed by atoms with Crippen LogP contribution in [0, 0.1) is 0 Å². The Balaban J connectivity index is 1.25. The molecule has 1 heterocycles. The molecule has 3 N–H and O–H groups in total. The number of benzene rings is 3. The van der Waals surface area contributed by atoms with Gasteiger partial charge in [-0.3, -0.25) is 9.59 Å². The first-order valence-electron chi connectivity index (χ1n) is 14.3. The second kappa shape index (κ2) is 14.3. The van der Waals surface area contributed by atoms with Gasteiger partial charge in [0.25, 0.3) is 5.91 Å². The summed E-state index contributed by atoms with van der Waals surface area (Å²) in [4.78, 5) is 38.2. The lowest BCUT2D eigenvalue weighted by Crippen LogP contribution is -2.47. The molecule has 4 aromatic rings. The Labute approximate surface area is 249 Å². The van der Waals surface area contributed by atoms with Crippen molar-refractivity contribution in [3.63, 3.8) is 0 Å². The number of carbonyl (C=O) groups excluding carboxylic acids is 2. The van der Waals surface area contributed by atoms with E-state index in [0.29, 0.717) is 24.7 Å². The van der Waals surface area contributed by atoms with Crippen LogP contribution in [0.2, 0.25) is 0 Å². The van der Waals surface area contributed by atoms with Gasteiger partial charge in [0.1, 0.15) is 24.6 Å². The van der Waals surface area contributed by atoms with E-state index in [2.05, 4.69) is 15.7 Å². The second-order valence-corrected chi connectivity index (χ2v) is 10.4. The zero-order valence-corrected chi connectivity index (χ0v) is 23.6. The summed E-state index contributed by atoms with van der Waals surface area (Å²) in [6.45, 7) is 0.413. The van der Waals surface area contributed by atoms with Gasteiger partial charge in [0.2, 0.25) is 5.91 Å². The van der Waals surface area contributed by atoms with E-state index in [0.717, 1.165) is 47.6 Å². The molecule has 5 rings (SSSR count). The molecule has 1 aromatic heterocycles. The Hall–Kier alpha value is -4.96. The number of anilines is 1. The van der Waals surface area contributed by atoms with Crippen molar-refractivity contribution >= 4 is 23.5 Å². The van der Waals surface area contributed by atoms with E-state index < -0.39 is 11.9 Å². The van der Waals surface area contributed by atoms with Crippen LogP contribution in [0.4, 0.5) is 5.69 Å². The third-order valence-corrected chi connectivity index (χ3v) is 7.25. The summed E-state index contributed by atoms with van der Waals surface area (Å²) in [5, 5.41) is 19.4. The first kappa shape index (κ1) is 29.5. The number of hydrogen-bond donors (Lipinski definition) is 3. The molecule has 0 bridgehead atoms. The second-order valence-electron chi connectivity index (χ2n) is 10.4. The average Bonchev–Trinajstić information content (AvgIpc) is 3.45. The van der Waals surface area contributed by atoms with Crippen molar-refractivity contribution < 1.29 is 29.0 Å². The van der Waals surface area contributed by atoms with Gasteiger partial charge >= 0.3 is 5.97 Å². The summed E-state index contributed by atoms with van der Waals surface area (Å²) < 4.78 is 13.2. The van der Waals surface area contributed by atoms with Gasteiger partial charge in [0.15, 0.2) is 5.69 Å². The third kappa shape index (κ3) is 8.08. The van der Waals surface area contributed by atoms with E-state index in [1.165, 1.54) is 0 Å². The molecule has 2 amide bonds. The number of carbonyl (C=O) groups is 3. The molecule has 0 spiro atoms. The van der Waals surface area contributed by atoms with E-state index >= 15 is 0 Å². The van der Waals surface area contributed by atoms with Gasteiger partial charge < -0.3 is 25.2 Å². The van der Waals surface area contributed by atoms with Gasteiger partial charge in [-0.15, -0.1) is 0 Å². The summed E-state index contributed by atoms with van der Waals surface area (Å²) in [6, 6.07) is 27.4. The standard InChI is InChI=1S/C33H34N4O6/c38-31(34-25-15-7-9-17-29(25)42-21-23-11-3-1-4-12-23)20-37-28(19-27(36-37)33(40)41)32(39)35-26-16-8-10-18-30(26)43-22-24-13-5-2-6-14-24/h1-6,8,10-14,16,18-19,25,29H,7,9,15,17,20-22H2,(H,34,38)(H,35,39)(H,40,41)/t25-,29-/m0/s1. The lowest BCUT2D eigenvalue weighted by atomic mass is 9.92. The van der Waals surface area contributed by atoms with E-state index in [1.54, 1.807) is 24.3 Å². The Morgan fingerprint density at radius 1 is 0.860 bits per heavy atom. The molecule has 1 saturated carbocycles. The zero-order chi connectivity index (χ0) is 30.0. The van der Waals surface area contributed by atoms with Crippen LogP contribution in [0.1, 0.15) is 57.8 Å². The molecule has 0 saturated heterocycles. The van der Waals surface area contributed by atoms with Crippen LogP contribution >= 0.6 is 0 Å². The number of aromatic nitrogens is 2. The number of nitrogens with one attached hydrogen (secondary N) is 2. The number of amides is 2. The Morgan fingerprint density at radius 2 is 1.51 bits per heavy atom. The van der Waals surface area contributed by atoms with Crippen LogP contribution < -0.4 is 15.4 Å². The maximum absolute atomic E-state index is 13.4. The van der Waals surface area contributed by atoms with Crippen LogP contribution in [0.5, 0.6) is 5.75 Å². The largest absolute Gasteiger partial charge is 0.487 e. The first-order chi connectivity index (χ1) is 21.0. The Morgan fingerprint density at radius 3 is 2.23 bits per heavy atom. The number of nitrogens with zero attached hydrogens (tertiary/aromatic N) is 2. The summed E-state index contributed by atoms with van der Waals surface area (Å²) in [6.07, 6.45) is 3.40. The van der Waals surface area contributed by atoms with Crippen molar-refractivity contribution in [3.05, 3.63) is 114 Å². The molecule has 2 atom stereocenters. The van der Waals surface area contributed by atoms with Crippen molar-refractivity contribution in [1.82, 2.24) is 15.1 Å². The molecule has 0 unspecified atom stereocenters. The smallest absolute Gasteiger partial charge is 0.356 e. The normalized spacial score (nSPS) is 16.3. The number of rotatable bonds is 12. The number of aromatic carboxylic acids is 1. The topological polar surface area (TPSA) is 132 Å². The number of carboxylic acids is 1. The molecule has 222 valence electrons. The van der Waals surface area contributed by atoms with Gasteiger partial charge in [-0.2, -0.15) is 5.10 Å². The van der Waals surface area contributed by atoms with Gasteiger partial charge in [-0.05, 0) is 36.1 Å². The molecule has 10 heteroatoms. The quantitative estimate of drug-likeness (QED) is 0.213. The number of hydrogen-bond acceptors (Lipinski definition) is 6. The van der Waals surface area contributed by atoms with Crippen LogP contribution in [-0.2, 0) is 29.3 Å². The van der Waals surface area contributed by atoms with Gasteiger partial charge in [-0.25, -0.2) is 9.48 Å². The summed E-state index contributed by atoms with van der Waals surface area (Å²) in [5.74, 6) is -1.87. The highest BCUT2D eigenvalue weighted by Gasteiger charge is 2.28. The summed E-state index contributed by atoms with van der Waals surface area (Å²) >= 11 is 0. The molecular formula is C33H34N4O6. The third-order valence-electron chi connectivity index (χ3n) is 7.25. The van der Waals surface area contributed by atoms with E-state index in [1.807, 2.05) is 60.7 Å². The van der Waals surface area contributed by atoms with Crippen molar-refractivity contribution in [1.29, 1.82) is 0 Å². The lowest BCUT2D eigenvalue weighted by Gasteiger charge is -2.32. The monoisotopic (exact) mass is 582 g/mol. The maximum atomic E-state index is 13.4. The van der Waals surface area contributed by atoms with Crippen molar-refractivity contribution in [2.24, 2.45) is 0 Å². The number of para-hydroxylation sites is 2. The van der Waals surface area contributed by atoms with Crippen LogP contribution in [0.25, 0.3) is 0 Å². The SMILES string of the molecule is O=C(Cn1nc(C(=O)O)cc1C(=O)Nc1ccccc1OCc1ccccc1)N[C@H]1CCCC[C@@H]1OCc1ccccc1. The van der Waals surface area contributed by atoms with Crippen molar-refractivity contribution in [2.75, 3.05) is 5.32 Å². The molecule has 0 aliphatic heterocycles. The highest BCUT2D eigenvalue weighted by molar-refractivity contribution is 6.05. The first-order valence-corrected chi connectivity index (χ1v) is 14.3. The average molecular weight is 583 g/mol. The fourth-order valence-corrected chi connectivity index (χ4v) is 5.07. The van der Waals surface area contributed by atoms with Crippen molar-refractivity contribution in [2.45, 2.75) is 57.6 Å². The predicted molar refractivity (Wildman–Crippen MR) is 160 cm³/mol. The molecule has 1 aliphatic rings. The van der Waals surface area contributed by atoms with Crippen molar-refractivity contribution in [3.8, 4) is 5.75 Å². The lowest BCUT2D eigenvalue weighted by molar-refractivity contribution is -0.124. The molecule has 10 nitrogen and oxygen atoms in total. The fourth-order valence-electron chi connectivity index (χ4n) is 5.07. The molecule has 3 aromatic carbocycles. The summed E-state index contributed by atoms with van der Waals surface area (Å²) in [5.41, 5.74) is 2.01. The minimum atomic E-state index is -1.30. The highest BCUT2D eigenvalue weighted by atomic mass is 16.5. The zero-order valence-electron chi connectivity index (χ0n) is 23.6. The molecule has 1 aliphatic carbocycles. The summed E-state index contributed by atoms with van der Waals surface area (Å²) in [7, 11) is 0. The van der Waals surface area contributed by atoms with Crippen LogP contribution in [0.15, 0.2) is 91.0 Å². The highest BCUT2D eigenvalue weighted by Crippen LogP contribution is 2.26. The molecule has 0 radical (unpaired) electrons. The van der Waals surface area contributed by atoms with Gasteiger partial charge in [-0.1, -0.05) is 85.6 Å². The molecule has 43 heavy (non-hydrogen) atoms. The minimum Gasteiger partial charge on any atom is -0.487 e. The molecule has 1 fully saturated rings. The van der Waals surface area contributed by atoms with Crippen LogP contribution in [-0.4, -0.2) is 44.8 Å². The Bertz CT molecular complexity index is 1540. The number of ether oxygens (including phenoxy) is 2. The van der Waals surface area contributed by atoms with Crippen LogP contribution in [0.3, 0.4) is 0 Å². The fraction of sp³-hybridized carbons (Fsp3) is 0.273. The molecular weight excluding hydrogens is 548 g/mol. The van der Waals surface area contributed by atoms with Gasteiger partial charge in [0.05, 0.1) is 24.4 Å². The van der Waals surface area contributed by atoms with Gasteiger partial charge in [0, 0.05) is 6.07 Å². The number of carboxylic acid groups (broad SMARTS) is 1. The van der Waals surface area contributed by atoms with E-state index in [9.17, 15) is 19.5 Å². The minimum absolute atomic E-state index is 0.0639. The van der Waals surface area contributed by atoms with E-state index in [4.69, 9.17) is 9.47 Å². The predicted octanol–water partition coefficient (Wildman–Crippen LogP) is 5.06. The van der Waals surface area contributed by atoms with E-state index in [-0.39, 0.29) is 36.0 Å².